The van der Waals surface area contributed by atoms with Gasteiger partial charge in [-0.05, 0) is 79.3 Å². The first-order valence-electron chi connectivity index (χ1n) is 13.0. The average molecular weight is 583 g/mol. The van der Waals surface area contributed by atoms with Gasteiger partial charge in [0.05, 0.1) is 29.5 Å². The SMILES string of the molecule is Cc1ccnc(C(NC(=O)c2cc(Cn3ccn(C)c3=NC(=O)O)cc(-c3ccc(F)cc3C(F)(F)F)n2)C2CC2)c1. The summed E-state index contributed by atoms with van der Waals surface area (Å²) >= 11 is 0. The topological polar surface area (TPSA) is 114 Å². The van der Waals surface area contributed by atoms with Crippen LogP contribution in [0.1, 0.15) is 51.8 Å². The first-order valence-corrected chi connectivity index (χ1v) is 13.0. The Balaban J connectivity index is 1.60. The molecule has 0 saturated heterocycles. The van der Waals surface area contributed by atoms with Crippen LogP contribution in [0.4, 0.5) is 22.4 Å². The summed E-state index contributed by atoms with van der Waals surface area (Å²) in [4.78, 5) is 37.1. The van der Waals surface area contributed by atoms with Crippen molar-refractivity contribution >= 4 is 12.0 Å². The van der Waals surface area contributed by atoms with Gasteiger partial charge in [-0.25, -0.2) is 14.2 Å². The van der Waals surface area contributed by atoms with Gasteiger partial charge in [-0.1, -0.05) is 0 Å². The van der Waals surface area contributed by atoms with Crippen molar-refractivity contribution in [2.75, 3.05) is 0 Å². The summed E-state index contributed by atoms with van der Waals surface area (Å²) in [5.41, 5.74) is 0.0166. The molecule has 3 aromatic heterocycles. The summed E-state index contributed by atoms with van der Waals surface area (Å²) in [6.45, 7) is 1.86. The standard InChI is InChI=1S/C29H26F4N6O3/c1-16-7-8-34-23(11-16)25(18-3-4-18)36-26(40)24-13-17(15-39-10-9-38(2)27(39)37-28(41)42)12-22(35-24)20-6-5-19(30)14-21(20)29(31,32)33/h5-14,18,25H,3-4,15H2,1-2H3,(H,36,40)(H,41,42). The predicted octanol–water partition coefficient (Wildman–Crippen LogP) is 5.26. The third-order valence-electron chi connectivity index (χ3n) is 6.91. The lowest BCUT2D eigenvalue weighted by Crippen LogP contribution is -2.31. The normalized spacial score (nSPS) is 14.6. The minimum atomic E-state index is -4.90. The van der Waals surface area contributed by atoms with Crippen LogP contribution in [-0.2, 0) is 19.8 Å². The molecule has 1 fully saturated rings. The van der Waals surface area contributed by atoms with Gasteiger partial charge in [-0.2, -0.15) is 13.2 Å². The molecular formula is C29H26F4N6O3. The molecule has 1 unspecified atom stereocenters. The predicted molar refractivity (Wildman–Crippen MR) is 143 cm³/mol. The Kier molecular flexibility index (Phi) is 7.67. The highest BCUT2D eigenvalue weighted by Gasteiger charge is 2.36. The molecule has 1 atom stereocenters. The van der Waals surface area contributed by atoms with Crippen molar-refractivity contribution in [1.29, 1.82) is 0 Å². The molecule has 4 aromatic rings. The van der Waals surface area contributed by atoms with Gasteiger partial charge in [0.2, 0.25) is 5.62 Å². The zero-order chi connectivity index (χ0) is 30.2. The number of amides is 2. The maximum Gasteiger partial charge on any atom is 0.434 e. The maximum atomic E-state index is 13.9. The number of halogens is 4. The number of carbonyl (C=O) groups is 2. The molecule has 5 rings (SSSR count). The van der Waals surface area contributed by atoms with Crippen LogP contribution in [0.2, 0.25) is 0 Å². The van der Waals surface area contributed by atoms with Crippen molar-refractivity contribution in [2.24, 2.45) is 18.0 Å². The van der Waals surface area contributed by atoms with E-state index in [9.17, 15) is 32.3 Å². The zero-order valence-corrected chi connectivity index (χ0v) is 22.6. The average Bonchev–Trinajstić information content (AvgIpc) is 3.71. The number of imidazole rings is 1. The Bertz CT molecular complexity index is 1740. The van der Waals surface area contributed by atoms with E-state index in [0.717, 1.165) is 30.5 Å². The second-order valence-corrected chi connectivity index (χ2v) is 10.2. The van der Waals surface area contributed by atoms with Crippen molar-refractivity contribution < 1.29 is 32.3 Å². The first kappa shape index (κ1) is 28.7. The summed E-state index contributed by atoms with van der Waals surface area (Å²) in [7, 11) is 1.58. The lowest BCUT2D eigenvalue weighted by molar-refractivity contribution is -0.137. The van der Waals surface area contributed by atoms with E-state index in [2.05, 4.69) is 20.3 Å². The first-order chi connectivity index (χ1) is 19.9. The number of nitrogens with zero attached hydrogens (tertiary/aromatic N) is 5. The van der Waals surface area contributed by atoms with Gasteiger partial charge in [-0.15, -0.1) is 4.99 Å². The molecule has 1 saturated carbocycles. The molecule has 1 aliphatic rings. The second kappa shape index (κ2) is 11.2. The molecule has 1 aliphatic carbocycles. The fourth-order valence-corrected chi connectivity index (χ4v) is 4.78. The summed E-state index contributed by atoms with van der Waals surface area (Å²) in [6.07, 6.45) is 0.189. The van der Waals surface area contributed by atoms with E-state index in [1.54, 1.807) is 25.6 Å². The minimum absolute atomic E-state index is 0.0449. The zero-order valence-electron chi connectivity index (χ0n) is 22.6. The number of hydrogen-bond donors (Lipinski definition) is 2. The maximum absolute atomic E-state index is 13.9. The van der Waals surface area contributed by atoms with E-state index in [0.29, 0.717) is 17.3 Å². The molecule has 2 N–H and O–H groups in total. The largest absolute Gasteiger partial charge is 0.463 e. The Morgan fingerprint density at radius 1 is 1.14 bits per heavy atom. The Labute approximate surface area is 237 Å². The summed E-state index contributed by atoms with van der Waals surface area (Å²) in [6, 6.07) is 8.29. The van der Waals surface area contributed by atoms with Crippen molar-refractivity contribution in [3.8, 4) is 11.3 Å². The van der Waals surface area contributed by atoms with Gasteiger partial charge in [0, 0.05) is 31.2 Å². The van der Waals surface area contributed by atoms with Crippen molar-refractivity contribution in [3.05, 3.63) is 101 Å². The number of aromatic nitrogens is 4. The van der Waals surface area contributed by atoms with Crippen LogP contribution in [-0.4, -0.2) is 36.2 Å². The van der Waals surface area contributed by atoms with Crippen LogP contribution in [0.15, 0.2) is 66.0 Å². The summed E-state index contributed by atoms with van der Waals surface area (Å²) in [5.74, 6) is -1.54. The molecule has 9 nitrogen and oxygen atoms in total. The van der Waals surface area contributed by atoms with Crippen molar-refractivity contribution in [2.45, 2.75) is 38.5 Å². The number of aryl methyl sites for hydroxylation is 2. The van der Waals surface area contributed by atoms with Gasteiger partial charge < -0.3 is 19.6 Å². The smallest absolute Gasteiger partial charge is 0.434 e. The molecule has 1 aromatic carbocycles. The number of carbonyl (C=O) groups excluding carboxylic acids is 1. The fraction of sp³-hybridized carbons (Fsp3) is 0.276. The minimum Gasteiger partial charge on any atom is -0.463 e. The summed E-state index contributed by atoms with van der Waals surface area (Å²) in [5, 5.41) is 12.1. The molecule has 0 bridgehead atoms. The van der Waals surface area contributed by atoms with E-state index in [-0.39, 0.29) is 29.5 Å². The van der Waals surface area contributed by atoms with E-state index in [4.69, 9.17) is 0 Å². The molecule has 13 heteroatoms. The number of nitrogens with one attached hydrogen (secondary N) is 1. The van der Waals surface area contributed by atoms with E-state index in [1.165, 1.54) is 21.3 Å². The molecule has 3 heterocycles. The number of hydrogen-bond acceptors (Lipinski definition) is 4. The summed E-state index contributed by atoms with van der Waals surface area (Å²) < 4.78 is 58.6. The quantitative estimate of drug-likeness (QED) is 0.289. The third-order valence-corrected chi connectivity index (χ3v) is 6.91. The highest BCUT2D eigenvalue weighted by Crippen LogP contribution is 2.41. The number of benzene rings is 1. The number of pyridine rings is 2. The van der Waals surface area contributed by atoms with Crippen molar-refractivity contribution in [3.63, 3.8) is 0 Å². The highest BCUT2D eigenvalue weighted by molar-refractivity contribution is 5.93. The number of rotatable bonds is 7. The molecule has 218 valence electrons. The molecule has 0 radical (unpaired) electrons. The van der Waals surface area contributed by atoms with Gasteiger partial charge in [0.25, 0.3) is 5.91 Å². The van der Waals surface area contributed by atoms with Crippen LogP contribution in [0, 0.1) is 18.7 Å². The number of alkyl halides is 3. The van der Waals surface area contributed by atoms with Crippen LogP contribution in [0.3, 0.4) is 0 Å². The van der Waals surface area contributed by atoms with Gasteiger partial charge >= 0.3 is 12.3 Å². The van der Waals surface area contributed by atoms with Crippen LogP contribution >= 0.6 is 0 Å². The van der Waals surface area contributed by atoms with E-state index < -0.39 is 41.2 Å². The Morgan fingerprint density at radius 2 is 1.90 bits per heavy atom. The van der Waals surface area contributed by atoms with Gasteiger partial charge in [0.15, 0.2) is 0 Å². The molecule has 0 aliphatic heterocycles. The highest BCUT2D eigenvalue weighted by atomic mass is 19.4. The number of carboxylic acid groups (broad SMARTS) is 1. The van der Waals surface area contributed by atoms with Crippen molar-refractivity contribution in [1.82, 2.24) is 24.4 Å². The monoisotopic (exact) mass is 582 g/mol. The lowest BCUT2D eigenvalue weighted by atomic mass is 10.0. The van der Waals surface area contributed by atoms with Crippen LogP contribution < -0.4 is 10.9 Å². The molecular weight excluding hydrogens is 556 g/mol. The fourth-order valence-electron chi connectivity index (χ4n) is 4.78. The Morgan fingerprint density at radius 3 is 2.57 bits per heavy atom. The third kappa shape index (κ3) is 6.40. The Hall–Kier alpha value is -4.81. The second-order valence-electron chi connectivity index (χ2n) is 10.2. The van der Waals surface area contributed by atoms with Gasteiger partial charge in [0.1, 0.15) is 11.5 Å². The van der Waals surface area contributed by atoms with E-state index in [1.807, 2.05) is 19.1 Å². The van der Waals surface area contributed by atoms with Crippen LogP contribution in [0.25, 0.3) is 11.3 Å². The van der Waals surface area contributed by atoms with Gasteiger partial charge in [-0.3, -0.25) is 9.78 Å². The van der Waals surface area contributed by atoms with E-state index >= 15 is 0 Å². The molecule has 0 spiro atoms. The molecule has 42 heavy (non-hydrogen) atoms. The van der Waals surface area contributed by atoms with Crippen LogP contribution in [0.5, 0.6) is 0 Å². The molecule has 2 amide bonds. The lowest BCUT2D eigenvalue weighted by Gasteiger charge is -2.19.